The number of carbonyl (C=O) groups excluding carboxylic acids is 1. The molecule has 1 aliphatic carbocycles. The molecule has 0 bridgehead atoms. The van der Waals surface area contributed by atoms with Crippen molar-refractivity contribution in [1.29, 1.82) is 0 Å². The highest BCUT2D eigenvalue weighted by atomic mass is 16.5. The van der Waals surface area contributed by atoms with E-state index in [1.165, 1.54) is 25.7 Å². The number of benzene rings is 1. The van der Waals surface area contributed by atoms with E-state index in [9.17, 15) is 4.79 Å². The highest BCUT2D eigenvalue weighted by molar-refractivity contribution is 5.78. The first-order chi connectivity index (χ1) is 13.4. The Bertz CT molecular complexity index is 662. The van der Waals surface area contributed by atoms with Gasteiger partial charge in [0.25, 0.3) is 5.91 Å². The van der Waals surface area contributed by atoms with Gasteiger partial charge in [-0.15, -0.1) is 0 Å². The molecule has 28 heavy (non-hydrogen) atoms. The molecule has 0 spiro atoms. The zero-order valence-electron chi connectivity index (χ0n) is 17.9. The molecule has 5 heteroatoms. The monoisotopic (exact) mass is 388 g/mol. The van der Waals surface area contributed by atoms with Crippen molar-refractivity contribution in [1.82, 2.24) is 10.6 Å². The van der Waals surface area contributed by atoms with Gasteiger partial charge in [-0.2, -0.15) is 0 Å². The van der Waals surface area contributed by atoms with E-state index in [0.717, 1.165) is 25.1 Å². The number of carbonyl (C=O) groups is 1. The van der Waals surface area contributed by atoms with E-state index >= 15 is 0 Å². The second-order valence-electron chi connectivity index (χ2n) is 8.34. The van der Waals surface area contributed by atoms with Crippen LogP contribution < -0.4 is 20.1 Å². The predicted molar refractivity (Wildman–Crippen MR) is 114 cm³/mol. The summed E-state index contributed by atoms with van der Waals surface area (Å²) in [4.78, 5) is 12.0. The van der Waals surface area contributed by atoms with Crippen LogP contribution in [0.15, 0.2) is 29.8 Å². The standard InChI is InChI=1S/C23H36N2O3/c1-5-27-21-15-19(16-24-14-13-18-9-7-6-8-10-18)11-12-20(21)28-17-22(26)25-23(2,3)4/h9,11-12,15,24H,5-8,10,13-14,16-17H2,1-4H3,(H,25,26). The Morgan fingerprint density at radius 3 is 2.64 bits per heavy atom. The maximum atomic E-state index is 12.0. The topological polar surface area (TPSA) is 59.6 Å². The lowest BCUT2D eigenvalue weighted by Gasteiger charge is -2.21. The fourth-order valence-corrected chi connectivity index (χ4v) is 3.26. The molecule has 0 radical (unpaired) electrons. The first-order valence-corrected chi connectivity index (χ1v) is 10.5. The Morgan fingerprint density at radius 1 is 1.14 bits per heavy atom. The van der Waals surface area contributed by atoms with Crippen LogP contribution in [-0.2, 0) is 11.3 Å². The van der Waals surface area contributed by atoms with Gasteiger partial charge in [-0.05, 0) is 84.0 Å². The first-order valence-electron chi connectivity index (χ1n) is 10.5. The molecular formula is C23H36N2O3. The second kappa shape index (κ2) is 11.1. The van der Waals surface area contributed by atoms with Gasteiger partial charge in [0.05, 0.1) is 6.61 Å². The molecule has 0 fully saturated rings. The van der Waals surface area contributed by atoms with Gasteiger partial charge in [0.1, 0.15) is 0 Å². The van der Waals surface area contributed by atoms with Crippen molar-refractivity contribution in [2.45, 2.75) is 71.9 Å². The van der Waals surface area contributed by atoms with Crippen molar-refractivity contribution in [3.8, 4) is 11.5 Å². The summed E-state index contributed by atoms with van der Waals surface area (Å²) in [5.41, 5.74) is 2.46. The lowest BCUT2D eigenvalue weighted by molar-refractivity contribution is -0.124. The highest BCUT2D eigenvalue weighted by Crippen LogP contribution is 2.28. The molecule has 156 valence electrons. The van der Waals surface area contributed by atoms with Crippen molar-refractivity contribution in [3.05, 3.63) is 35.4 Å². The van der Waals surface area contributed by atoms with Crippen molar-refractivity contribution in [3.63, 3.8) is 0 Å². The first kappa shape index (κ1) is 22.3. The number of allylic oxidation sites excluding steroid dienone is 1. The molecule has 0 aliphatic heterocycles. The Kier molecular flexibility index (Phi) is 8.84. The van der Waals surface area contributed by atoms with E-state index in [1.807, 2.05) is 45.9 Å². The van der Waals surface area contributed by atoms with Crippen molar-refractivity contribution >= 4 is 5.91 Å². The minimum absolute atomic E-state index is 0.0238. The molecule has 0 aromatic heterocycles. The average Bonchev–Trinajstić information content (AvgIpc) is 2.64. The lowest BCUT2D eigenvalue weighted by atomic mass is 9.97. The summed E-state index contributed by atoms with van der Waals surface area (Å²) in [6, 6.07) is 5.90. The average molecular weight is 389 g/mol. The van der Waals surface area contributed by atoms with Crippen LogP contribution in [0.2, 0.25) is 0 Å². The SMILES string of the molecule is CCOc1cc(CNCCC2=CCCCC2)ccc1OCC(=O)NC(C)(C)C. The van der Waals surface area contributed by atoms with Crippen LogP contribution in [-0.4, -0.2) is 31.2 Å². The summed E-state index contributed by atoms with van der Waals surface area (Å²) < 4.78 is 11.4. The van der Waals surface area contributed by atoms with Gasteiger partial charge in [-0.1, -0.05) is 17.7 Å². The van der Waals surface area contributed by atoms with E-state index in [4.69, 9.17) is 9.47 Å². The quantitative estimate of drug-likeness (QED) is 0.462. The van der Waals surface area contributed by atoms with Gasteiger partial charge in [-0.3, -0.25) is 4.79 Å². The fraction of sp³-hybridized carbons (Fsp3) is 0.609. The normalized spacial score (nSPS) is 14.4. The predicted octanol–water partition coefficient (Wildman–Crippen LogP) is 4.36. The van der Waals surface area contributed by atoms with Crippen LogP contribution in [0.25, 0.3) is 0 Å². The molecule has 0 unspecified atom stereocenters. The van der Waals surface area contributed by atoms with E-state index in [-0.39, 0.29) is 18.1 Å². The maximum Gasteiger partial charge on any atom is 0.258 e. The van der Waals surface area contributed by atoms with E-state index in [1.54, 1.807) is 5.57 Å². The molecule has 1 aliphatic rings. The van der Waals surface area contributed by atoms with E-state index in [0.29, 0.717) is 18.1 Å². The van der Waals surface area contributed by atoms with Crippen LogP contribution >= 0.6 is 0 Å². The maximum absolute atomic E-state index is 12.0. The third-order valence-corrected chi connectivity index (χ3v) is 4.52. The van der Waals surface area contributed by atoms with Gasteiger partial charge in [0, 0.05) is 12.1 Å². The van der Waals surface area contributed by atoms with Crippen molar-refractivity contribution in [2.75, 3.05) is 19.8 Å². The van der Waals surface area contributed by atoms with Gasteiger partial charge < -0.3 is 20.1 Å². The summed E-state index contributed by atoms with van der Waals surface area (Å²) >= 11 is 0. The molecular weight excluding hydrogens is 352 g/mol. The summed E-state index contributed by atoms with van der Waals surface area (Å²) in [6.45, 7) is 10.1. The lowest BCUT2D eigenvalue weighted by Crippen LogP contribution is -2.43. The molecule has 0 saturated carbocycles. The van der Waals surface area contributed by atoms with E-state index < -0.39 is 0 Å². The summed E-state index contributed by atoms with van der Waals surface area (Å²) in [5.74, 6) is 1.14. The third kappa shape index (κ3) is 8.34. The molecule has 0 saturated heterocycles. The second-order valence-corrected chi connectivity index (χ2v) is 8.34. The fourth-order valence-electron chi connectivity index (χ4n) is 3.26. The van der Waals surface area contributed by atoms with Crippen molar-refractivity contribution in [2.24, 2.45) is 0 Å². The molecule has 5 nitrogen and oxygen atoms in total. The van der Waals surface area contributed by atoms with Gasteiger partial charge in [0.2, 0.25) is 0 Å². The molecule has 1 amide bonds. The number of ether oxygens (including phenoxy) is 2. The number of amides is 1. The van der Waals surface area contributed by atoms with Crippen molar-refractivity contribution < 1.29 is 14.3 Å². The van der Waals surface area contributed by atoms with Crippen LogP contribution in [0.1, 0.15) is 65.4 Å². The van der Waals surface area contributed by atoms with Crippen LogP contribution in [0, 0.1) is 0 Å². The largest absolute Gasteiger partial charge is 0.490 e. The number of nitrogens with one attached hydrogen (secondary N) is 2. The summed E-state index contributed by atoms with van der Waals surface area (Å²) in [6.07, 6.45) is 8.69. The molecule has 1 aromatic rings. The molecule has 0 atom stereocenters. The van der Waals surface area contributed by atoms with Gasteiger partial charge >= 0.3 is 0 Å². The zero-order chi connectivity index (χ0) is 20.4. The van der Waals surface area contributed by atoms with Crippen LogP contribution in [0.4, 0.5) is 0 Å². The third-order valence-electron chi connectivity index (χ3n) is 4.52. The minimum Gasteiger partial charge on any atom is -0.490 e. The number of hydrogen-bond acceptors (Lipinski definition) is 4. The number of rotatable bonds is 10. The minimum atomic E-state index is -0.271. The summed E-state index contributed by atoms with van der Waals surface area (Å²) in [5, 5.41) is 6.41. The Balaban J connectivity index is 1.84. The Labute approximate surface area is 169 Å². The smallest absolute Gasteiger partial charge is 0.258 e. The Morgan fingerprint density at radius 2 is 1.96 bits per heavy atom. The Hall–Kier alpha value is -2.01. The molecule has 2 N–H and O–H groups in total. The molecule has 2 rings (SSSR count). The zero-order valence-corrected chi connectivity index (χ0v) is 17.9. The van der Waals surface area contributed by atoms with Crippen LogP contribution in [0.5, 0.6) is 11.5 Å². The summed E-state index contributed by atoms with van der Waals surface area (Å²) in [7, 11) is 0. The van der Waals surface area contributed by atoms with Crippen LogP contribution in [0.3, 0.4) is 0 Å². The molecule has 0 heterocycles. The number of hydrogen-bond donors (Lipinski definition) is 2. The molecule has 1 aromatic carbocycles. The highest BCUT2D eigenvalue weighted by Gasteiger charge is 2.15. The van der Waals surface area contributed by atoms with E-state index in [2.05, 4.69) is 16.7 Å². The van der Waals surface area contributed by atoms with Gasteiger partial charge in [-0.25, -0.2) is 0 Å². The van der Waals surface area contributed by atoms with Gasteiger partial charge in [0.15, 0.2) is 18.1 Å².